The molecule has 0 atom stereocenters. The third-order valence-electron chi connectivity index (χ3n) is 2.43. The molecule has 0 N–H and O–H groups in total. The Balaban J connectivity index is 2.37. The van der Waals surface area contributed by atoms with Gasteiger partial charge in [-0.15, -0.1) is 10.2 Å². The average Bonchev–Trinajstić information content (AvgIpc) is 2.86. The predicted molar refractivity (Wildman–Crippen MR) is 62.5 cm³/mol. The number of ether oxygens (including phenoxy) is 1. The van der Waals surface area contributed by atoms with Crippen LogP contribution in [-0.2, 0) is 4.74 Å². The molecule has 0 bridgehead atoms. The highest BCUT2D eigenvalue weighted by atomic mass is 16.6. The lowest BCUT2D eigenvalue weighted by molar-refractivity contribution is -0.385. The minimum Gasteiger partial charge on any atom is -0.462 e. The van der Waals surface area contributed by atoms with Crippen molar-refractivity contribution in [3.63, 3.8) is 0 Å². The van der Waals surface area contributed by atoms with Crippen LogP contribution in [0.4, 0.5) is 5.69 Å². The molecule has 2 aromatic rings. The third kappa shape index (κ3) is 2.41. The summed E-state index contributed by atoms with van der Waals surface area (Å²) in [4.78, 5) is 21.4. The SMILES string of the molecule is COC(=O)c1nnc(-c2ccc([N+](=O)[O-])c(C)c2)o1. The van der Waals surface area contributed by atoms with Gasteiger partial charge in [0.25, 0.3) is 5.69 Å². The van der Waals surface area contributed by atoms with E-state index in [-0.39, 0.29) is 17.5 Å². The van der Waals surface area contributed by atoms with Gasteiger partial charge in [0.2, 0.25) is 5.89 Å². The van der Waals surface area contributed by atoms with E-state index < -0.39 is 10.9 Å². The largest absolute Gasteiger partial charge is 0.462 e. The van der Waals surface area contributed by atoms with Crippen LogP contribution in [-0.4, -0.2) is 28.2 Å². The monoisotopic (exact) mass is 263 g/mol. The smallest absolute Gasteiger partial charge is 0.396 e. The zero-order valence-corrected chi connectivity index (χ0v) is 10.1. The van der Waals surface area contributed by atoms with Crippen LogP contribution in [0.3, 0.4) is 0 Å². The normalized spacial score (nSPS) is 10.2. The van der Waals surface area contributed by atoms with Crippen molar-refractivity contribution in [1.82, 2.24) is 10.2 Å². The molecule has 0 saturated carbocycles. The van der Waals surface area contributed by atoms with Crippen molar-refractivity contribution >= 4 is 11.7 Å². The number of aryl methyl sites for hydroxylation is 1. The minimum atomic E-state index is -0.739. The summed E-state index contributed by atoms with van der Waals surface area (Å²) in [5.74, 6) is -0.913. The van der Waals surface area contributed by atoms with E-state index >= 15 is 0 Å². The number of aromatic nitrogens is 2. The molecule has 1 aromatic carbocycles. The van der Waals surface area contributed by atoms with E-state index in [1.807, 2.05) is 0 Å². The predicted octanol–water partition coefficient (Wildman–Crippen LogP) is 1.74. The lowest BCUT2D eigenvalue weighted by Gasteiger charge is -1.98. The Morgan fingerprint density at radius 3 is 2.74 bits per heavy atom. The zero-order valence-electron chi connectivity index (χ0n) is 10.1. The molecule has 0 aliphatic carbocycles. The lowest BCUT2D eigenvalue weighted by Crippen LogP contribution is -2.00. The van der Waals surface area contributed by atoms with Crippen molar-refractivity contribution in [1.29, 1.82) is 0 Å². The first-order chi connectivity index (χ1) is 9.02. The molecule has 98 valence electrons. The van der Waals surface area contributed by atoms with Gasteiger partial charge < -0.3 is 9.15 Å². The topological polar surface area (TPSA) is 108 Å². The molecule has 2 rings (SSSR count). The Morgan fingerprint density at radius 2 is 2.16 bits per heavy atom. The standard InChI is InChI=1S/C11H9N3O5/c1-6-5-7(3-4-8(6)14(16)17)9-12-13-10(19-9)11(15)18-2/h3-5H,1-2H3. The molecular weight excluding hydrogens is 254 g/mol. The molecule has 8 nitrogen and oxygen atoms in total. The first-order valence-corrected chi connectivity index (χ1v) is 5.20. The number of methoxy groups -OCH3 is 1. The molecule has 0 unspecified atom stereocenters. The number of nitro groups is 1. The summed E-state index contributed by atoms with van der Waals surface area (Å²) in [6.07, 6.45) is 0. The van der Waals surface area contributed by atoms with Gasteiger partial charge in [-0.05, 0) is 19.1 Å². The second-order valence-corrected chi connectivity index (χ2v) is 3.66. The summed E-state index contributed by atoms with van der Waals surface area (Å²) in [5.41, 5.74) is 0.947. The molecule has 8 heteroatoms. The van der Waals surface area contributed by atoms with E-state index in [2.05, 4.69) is 14.9 Å². The molecule has 0 amide bonds. The molecule has 0 aliphatic heterocycles. The molecular formula is C11H9N3O5. The number of nitro benzene ring substituents is 1. The van der Waals surface area contributed by atoms with Crippen LogP contribution in [0.25, 0.3) is 11.5 Å². The molecule has 0 saturated heterocycles. The number of nitrogens with zero attached hydrogens (tertiary/aromatic N) is 3. The maximum absolute atomic E-state index is 11.2. The molecule has 1 heterocycles. The van der Waals surface area contributed by atoms with Crippen LogP contribution in [0.1, 0.15) is 16.2 Å². The number of hydrogen-bond donors (Lipinski definition) is 0. The van der Waals surface area contributed by atoms with Gasteiger partial charge in [0.05, 0.1) is 12.0 Å². The van der Waals surface area contributed by atoms with Gasteiger partial charge in [0, 0.05) is 17.2 Å². The molecule has 19 heavy (non-hydrogen) atoms. The van der Waals surface area contributed by atoms with Crippen LogP contribution < -0.4 is 0 Å². The fraction of sp³-hybridized carbons (Fsp3) is 0.182. The van der Waals surface area contributed by atoms with Crippen molar-refractivity contribution in [3.8, 4) is 11.5 Å². The Bertz CT molecular complexity index is 650. The summed E-state index contributed by atoms with van der Waals surface area (Å²) in [6, 6.07) is 4.35. The van der Waals surface area contributed by atoms with Crippen molar-refractivity contribution < 1.29 is 18.9 Å². The molecule has 1 aromatic heterocycles. The number of carbonyl (C=O) groups is 1. The summed E-state index contributed by atoms with van der Waals surface area (Å²) in [6.45, 7) is 1.60. The van der Waals surface area contributed by atoms with Gasteiger partial charge in [0.15, 0.2) is 0 Å². The zero-order chi connectivity index (χ0) is 14.0. The van der Waals surface area contributed by atoms with Gasteiger partial charge in [0.1, 0.15) is 0 Å². The summed E-state index contributed by atoms with van der Waals surface area (Å²) in [7, 11) is 1.20. The van der Waals surface area contributed by atoms with Gasteiger partial charge in [-0.25, -0.2) is 4.79 Å². The van der Waals surface area contributed by atoms with Crippen LogP contribution in [0.5, 0.6) is 0 Å². The van der Waals surface area contributed by atoms with Crippen LogP contribution in [0.2, 0.25) is 0 Å². The Labute approximate surface area is 107 Å². The second-order valence-electron chi connectivity index (χ2n) is 3.66. The molecule has 0 spiro atoms. The minimum absolute atomic E-state index is 0.00328. The highest BCUT2D eigenvalue weighted by Crippen LogP contribution is 2.25. The van der Waals surface area contributed by atoms with Crippen molar-refractivity contribution in [3.05, 3.63) is 39.8 Å². The number of esters is 1. The van der Waals surface area contributed by atoms with E-state index in [0.29, 0.717) is 11.1 Å². The highest BCUT2D eigenvalue weighted by Gasteiger charge is 2.18. The van der Waals surface area contributed by atoms with E-state index in [9.17, 15) is 14.9 Å². The van der Waals surface area contributed by atoms with Gasteiger partial charge in [-0.3, -0.25) is 10.1 Å². The summed E-state index contributed by atoms with van der Waals surface area (Å²) < 4.78 is 9.55. The van der Waals surface area contributed by atoms with E-state index in [0.717, 1.165) is 0 Å². The number of benzene rings is 1. The van der Waals surface area contributed by atoms with Gasteiger partial charge in [-0.1, -0.05) is 0 Å². The van der Waals surface area contributed by atoms with Gasteiger partial charge in [-0.2, -0.15) is 0 Å². The van der Waals surface area contributed by atoms with Crippen LogP contribution in [0, 0.1) is 17.0 Å². The Kier molecular flexibility index (Phi) is 3.23. The maximum Gasteiger partial charge on any atom is 0.396 e. The molecule has 0 radical (unpaired) electrons. The van der Waals surface area contributed by atoms with Crippen molar-refractivity contribution in [2.45, 2.75) is 6.92 Å². The Hall–Kier alpha value is -2.77. The first kappa shape index (κ1) is 12.7. The second kappa shape index (κ2) is 4.84. The van der Waals surface area contributed by atoms with Crippen molar-refractivity contribution in [2.24, 2.45) is 0 Å². The molecule has 0 fully saturated rings. The highest BCUT2D eigenvalue weighted by molar-refractivity contribution is 5.84. The number of hydrogen-bond acceptors (Lipinski definition) is 7. The first-order valence-electron chi connectivity index (χ1n) is 5.20. The Morgan fingerprint density at radius 1 is 1.42 bits per heavy atom. The van der Waals surface area contributed by atoms with E-state index in [1.54, 1.807) is 6.92 Å². The quantitative estimate of drug-likeness (QED) is 0.471. The third-order valence-corrected chi connectivity index (χ3v) is 2.43. The van der Waals surface area contributed by atoms with E-state index in [1.165, 1.54) is 25.3 Å². The van der Waals surface area contributed by atoms with Gasteiger partial charge >= 0.3 is 11.9 Å². The maximum atomic E-state index is 11.2. The number of carbonyl (C=O) groups excluding carboxylic acids is 1. The van der Waals surface area contributed by atoms with E-state index in [4.69, 9.17) is 4.42 Å². The lowest BCUT2D eigenvalue weighted by atomic mass is 10.1. The summed E-state index contributed by atoms with van der Waals surface area (Å²) in [5, 5.41) is 17.9. The van der Waals surface area contributed by atoms with Crippen LogP contribution >= 0.6 is 0 Å². The van der Waals surface area contributed by atoms with Crippen molar-refractivity contribution in [2.75, 3.05) is 7.11 Å². The molecule has 0 aliphatic rings. The van der Waals surface area contributed by atoms with Crippen LogP contribution in [0.15, 0.2) is 22.6 Å². The fourth-order valence-corrected chi connectivity index (χ4v) is 1.50. The number of rotatable bonds is 3. The fourth-order valence-electron chi connectivity index (χ4n) is 1.50. The summed E-state index contributed by atoms with van der Waals surface area (Å²) >= 11 is 0. The average molecular weight is 263 g/mol.